The average Bonchev–Trinajstić information content (AvgIpc) is 3.04. The summed E-state index contributed by atoms with van der Waals surface area (Å²) in [5.74, 6) is -3.54. The summed E-state index contributed by atoms with van der Waals surface area (Å²) in [5, 5.41) is 41.1. The fourth-order valence-electron chi connectivity index (χ4n) is 3.46. The number of benzene rings is 2. The van der Waals surface area contributed by atoms with Gasteiger partial charge < -0.3 is 31.1 Å². The molecule has 198 valence electrons. The normalized spacial score (nSPS) is 15.0. The van der Waals surface area contributed by atoms with E-state index in [-0.39, 0.29) is 4.75 Å². The molecule has 6 N–H and O–H groups in total. The number of halogens is 2. The summed E-state index contributed by atoms with van der Waals surface area (Å²) in [6.45, 7) is 9.32. The molecule has 1 heterocycles. The number of carboxylic acid groups (broad SMARTS) is 2. The first-order valence-electron chi connectivity index (χ1n) is 11.3. The van der Waals surface area contributed by atoms with Crippen LogP contribution in [0.25, 0.3) is 0 Å². The quantitative estimate of drug-likeness (QED) is 0.277. The highest BCUT2D eigenvalue weighted by Crippen LogP contribution is 2.37. The van der Waals surface area contributed by atoms with E-state index in [1.165, 1.54) is 11.1 Å². The largest absolute Gasteiger partial charge is 0.479 e. The van der Waals surface area contributed by atoms with Gasteiger partial charge in [-0.05, 0) is 60.8 Å². The molecule has 0 amide bonds. The number of aliphatic hydroxyl groups excluding tert-OH is 2. The van der Waals surface area contributed by atoms with Crippen molar-refractivity contribution in [1.29, 1.82) is 0 Å². The fraction of sp³-hybridized carbons (Fsp3) is 0.440. The van der Waals surface area contributed by atoms with Crippen LogP contribution in [0.3, 0.4) is 0 Å². The van der Waals surface area contributed by atoms with Crippen molar-refractivity contribution in [3.05, 3.63) is 57.1 Å². The molecular formula is C25H32Cl2N2O6S. The van der Waals surface area contributed by atoms with Gasteiger partial charge in [0.05, 0.1) is 15.7 Å². The number of hydrogen-bond donors (Lipinski definition) is 6. The monoisotopic (exact) mass is 558 g/mol. The summed E-state index contributed by atoms with van der Waals surface area (Å²) in [7, 11) is 0. The highest BCUT2D eigenvalue weighted by molar-refractivity contribution is 8.00. The Morgan fingerprint density at radius 1 is 1.00 bits per heavy atom. The Kier molecular flexibility index (Phi) is 11.3. The molecule has 36 heavy (non-hydrogen) atoms. The second-order valence-corrected chi connectivity index (χ2v) is 11.9. The number of rotatable bonds is 7. The minimum absolute atomic E-state index is 0.145. The number of fused-ring (bicyclic) bond motifs is 1. The predicted octanol–water partition coefficient (Wildman–Crippen LogP) is 4.06. The van der Waals surface area contributed by atoms with Gasteiger partial charge in [-0.15, -0.1) is 11.8 Å². The summed E-state index contributed by atoms with van der Waals surface area (Å²) in [6, 6.07) is 10.5. The van der Waals surface area contributed by atoms with E-state index >= 15 is 0 Å². The molecule has 8 nitrogen and oxygen atoms in total. The maximum atomic E-state index is 9.77. The lowest BCUT2D eigenvalue weighted by molar-refractivity contribution is -0.165. The van der Waals surface area contributed by atoms with E-state index in [0.29, 0.717) is 6.54 Å². The van der Waals surface area contributed by atoms with Crippen LogP contribution in [0.2, 0.25) is 10.0 Å². The van der Waals surface area contributed by atoms with Crippen molar-refractivity contribution >= 4 is 52.6 Å². The summed E-state index contributed by atoms with van der Waals surface area (Å²) in [5.41, 5.74) is 4.95. The Bertz CT molecular complexity index is 1060. The lowest BCUT2D eigenvalue weighted by atomic mass is 10.0. The topological polar surface area (TPSA) is 139 Å². The molecule has 2 aromatic carbocycles. The highest BCUT2D eigenvalue weighted by atomic mass is 35.5. The standard InChI is InChI=1S/C21H26Cl2N2S.C4H6O6/c1-21(2,3)26-19-7-4-14(12-18(19)23)13-25-20-16-9-11-24-10-8-15(16)5-6-17(20)22;5-1(3(7)8)2(6)4(9)10/h4-7,12,24-25H,8-11,13H2,1-3H3;1-2,5-6H,(H,7,8)(H,9,10)/t;1-,2-/m.1/s1. The van der Waals surface area contributed by atoms with Gasteiger partial charge in [0.25, 0.3) is 0 Å². The lowest BCUT2D eigenvalue weighted by Gasteiger charge is -2.19. The van der Waals surface area contributed by atoms with E-state index in [1.807, 2.05) is 6.07 Å². The number of anilines is 1. The molecule has 0 aliphatic carbocycles. The number of aliphatic carboxylic acids is 2. The van der Waals surface area contributed by atoms with Crippen molar-refractivity contribution in [1.82, 2.24) is 5.32 Å². The molecule has 0 radical (unpaired) electrons. The smallest absolute Gasteiger partial charge is 0.335 e. The van der Waals surface area contributed by atoms with Crippen molar-refractivity contribution in [2.75, 3.05) is 18.4 Å². The number of nitrogens with one attached hydrogen (secondary N) is 2. The van der Waals surface area contributed by atoms with Gasteiger partial charge >= 0.3 is 11.9 Å². The first kappa shape index (κ1) is 30.2. The molecule has 3 rings (SSSR count). The Balaban J connectivity index is 0.000000388. The molecule has 0 aromatic heterocycles. The van der Waals surface area contributed by atoms with E-state index < -0.39 is 24.1 Å². The third-order valence-electron chi connectivity index (χ3n) is 5.17. The molecule has 0 saturated carbocycles. The second kappa shape index (κ2) is 13.5. The number of aliphatic hydroxyl groups is 2. The molecule has 2 aromatic rings. The van der Waals surface area contributed by atoms with Crippen molar-refractivity contribution in [2.45, 2.75) is 62.0 Å². The Morgan fingerprint density at radius 3 is 2.17 bits per heavy atom. The molecule has 0 unspecified atom stereocenters. The van der Waals surface area contributed by atoms with E-state index in [2.05, 4.69) is 55.7 Å². The van der Waals surface area contributed by atoms with Crippen LogP contribution in [0.15, 0.2) is 35.2 Å². The number of carbonyl (C=O) groups is 2. The van der Waals surface area contributed by atoms with Crippen LogP contribution < -0.4 is 10.6 Å². The van der Waals surface area contributed by atoms with Gasteiger partial charge in [0.1, 0.15) is 0 Å². The van der Waals surface area contributed by atoms with Crippen LogP contribution in [0.1, 0.15) is 37.5 Å². The molecule has 1 aliphatic rings. The van der Waals surface area contributed by atoms with Crippen molar-refractivity contribution in [3.8, 4) is 0 Å². The molecule has 11 heteroatoms. The molecular weight excluding hydrogens is 527 g/mol. The summed E-state index contributed by atoms with van der Waals surface area (Å²) in [6.07, 6.45) is -2.48. The van der Waals surface area contributed by atoms with Crippen molar-refractivity contribution in [3.63, 3.8) is 0 Å². The van der Waals surface area contributed by atoms with Crippen LogP contribution >= 0.6 is 35.0 Å². The minimum atomic E-state index is -2.27. The first-order chi connectivity index (χ1) is 16.8. The van der Waals surface area contributed by atoms with Crippen molar-refractivity contribution < 1.29 is 30.0 Å². The molecule has 0 saturated heterocycles. The summed E-state index contributed by atoms with van der Waals surface area (Å²) in [4.78, 5) is 20.7. The number of thioether (sulfide) groups is 1. The van der Waals surface area contributed by atoms with Gasteiger partial charge in [0.2, 0.25) is 0 Å². The third-order valence-corrected chi connectivity index (χ3v) is 7.10. The lowest BCUT2D eigenvalue weighted by Crippen LogP contribution is -2.39. The minimum Gasteiger partial charge on any atom is -0.479 e. The molecule has 0 spiro atoms. The zero-order valence-electron chi connectivity index (χ0n) is 20.3. The molecule has 1 aliphatic heterocycles. The molecule has 0 bridgehead atoms. The molecule has 0 fully saturated rings. The van der Waals surface area contributed by atoms with E-state index in [1.54, 1.807) is 11.8 Å². The van der Waals surface area contributed by atoms with E-state index in [0.717, 1.165) is 52.1 Å². The zero-order valence-corrected chi connectivity index (χ0v) is 22.7. The predicted molar refractivity (Wildman–Crippen MR) is 143 cm³/mol. The van der Waals surface area contributed by atoms with Crippen LogP contribution in [-0.4, -0.2) is 62.4 Å². The van der Waals surface area contributed by atoms with Crippen molar-refractivity contribution in [2.24, 2.45) is 0 Å². The average molecular weight is 560 g/mol. The van der Waals surface area contributed by atoms with Crippen LogP contribution in [0, 0.1) is 0 Å². The maximum absolute atomic E-state index is 9.77. The fourth-order valence-corrected chi connectivity index (χ4v) is 4.98. The van der Waals surface area contributed by atoms with Gasteiger partial charge in [-0.3, -0.25) is 0 Å². The highest BCUT2D eigenvalue weighted by Gasteiger charge is 2.29. The maximum Gasteiger partial charge on any atom is 0.335 e. The second-order valence-electron chi connectivity index (χ2n) is 9.21. The number of carboxylic acids is 2. The van der Waals surface area contributed by atoms with Gasteiger partial charge in [-0.25, -0.2) is 9.59 Å². The Labute approximate surface area is 225 Å². The Morgan fingerprint density at radius 2 is 1.61 bits per heavy atom. The zero-order chi connectivity index (χ0) is 27.0. The van der Waals surface area contributed by atoms with Crippen LogP contribution in [-0.2, 0) is 29.0 Å². The van der Waals surface area contributed by atoms with Gasteiger partial charge in [0.15, 0.2) is 12.2 Å². The Hall–Kier alpha value is -2.01. The van der Waals surface area contributed by atoms with Gasteiger partial charge in [0, 0.05) is 16.2 Å². The molecule has 2 atom stereocenters. The van der Waals surface area contributed by atoms with Gasteiger partial charge in [-0.1, -0.05) is 56.1 Å². The van der Waals surface area contributed by atoms with E-state index in [4.69, 9.17) is 43.6 Å². The van der Waals surface area contributed by atoms with E-state index in [9.17, 15) is 9.59 Å². The third kappa shape index (κ3) is 9.14. The summed E-state index contributed by atoms with van der Waals surface area (Å²) >= 11 is 14.8. The van der Waals surface area contributed by atoms with Crippen LogP contribution in [0.5, 0.6) is 0 Å². The van der Waals surface area contributed by atoms with Crippen LogP contribution in [0.4, 0.5) is 5.69 Å². The van der Waals surface area contributed by atoms with Gasteiger partial charge in [-0.2, -0.15) is 0 Å². The summed E-state index contributed by atoms with van der Waals surface area (Å²) < 4.78 is 0.145. The first-order valence-corrected chi connectivity index (χ1v) is 12.9. The number of hydrogen-bond acceptors (Lipinski definition) is 7. The SMILES string of the molecule is CC(C)(C)Sc1ccc(CNc2c(Cl)ccc3c2CCNCC3)cc1Cl.O=C(O)[C@H](O)[C@@H](O)C(=O)O.